The van der Waals surface area contributed by atoms with Gasteiger partial charge in [0.05, 0.1) is 5.41 Å². The summed E-state index contributed by atoms with van der Waals surface area (Å²) in [6.07, 6.45) is 0.156. The van der Waals surface area contributed by atoms with Gasteiger partial charge in [-0.1, -0.05) is 0 Å². The zero-order valence-electron chi connectivity index (χ0n) is 7.65. The average molecular weight is 214 g/mol. The third-order valence-electron chi connectivity index (χ3n) is 2.62. The van der Waals surface area contributed by atoms with Crippen LogP contribution in [0.3, 0.4) is 0 Å². The predicted octanol–water partition coefficient (Wildman–Crippen LogP) is 1.53. The molecule has 0 unspecified atom stereocenters. The quantitative estimate of drug-likeness (QED) is 0.828. The van der Waals surface area contributed by atoms with E-state index in [9.17, 15) is 13.6 Å². The molecule has 2 rings (SSSR count). The van der Waals surface area contributed by atoms with Gasteiger partial charge in [-0.25, -0.2) is 18.7 Å². The van der Waals surface area contributed by atoms with Gasteiger partial charge in [0, 0.05) is 11.8 Å². The van der Waals surface area contributed by atoms with Crippen LogP contribution in [0.15, 0.2) is 12.5 Å². The van der Waals surface area contributed by atoms with Gasteiger partial charge in [0.1, 0.15) is 12.0 Å². The Kier molecular flexibility index (Phi) is 2.13. The monoisotopic (exact) mass is 214 g/mol. The molecular weight excluding hydrogens is 206 g/mol. The van der Waals surface area contributed by atoms with Crippen LogP contribution in [0.5, 0.6) is 0 Å². The minimum absolute atomic E-state index is 0.0486. The van der Waals surface area contributed by atoms with E-state index in [0.717, 1.165) is 6.33 Å². The first kappa shape index (κ1) is 9.95. The van der Waals surface area contributed by atoms with Crippen LogP contribution in [0.1, 0.15) is 30.5 Å². The predicted molar refractivity (Wildman–Crippen MR) is 45.5 cm³/mol. The van der Waals surface area contributed by atoms with Crippen LogP contribution in [0.2, 0.25) is 0 Å². The lowest BCUT2D eigenvalue weighted by atomic mass is 9.96. The molecule has 0 radical (unpaired) electrons. The van der Waals surface area contributed by atoms with E-state index in [1.54, 1.807) is 0 Å². The summed E-state index contributed by atoms with van der Waals surface area (Å²) in [6, 6.07) is 0. The lowest BCUT2D eigenvalue weighted by molar-refractivity contribution is -0.140. The molecule has 80 valence electrons. The minimum Gasteiger partial charge on any atom is -0.481 e. The molecule has 1 heterocycles. The van der Waals surface area contributed by atoms with Crippen LogP contribution in [-0.4, -0.2) is 21.0 Å². The highest BCUT2D eigenvalue weighted by Gasteiger charge is 2.54. The van der Waals surface area contributed by atoms with E-state index < -0.39 is 23.5 Å². The summed E-state index contributed by atoms with van der Waals surface area (Å²) in [4.78, 5) is 18.0. The summed E-state index contributed by atoms with van der Waals surface area (Å²) in [7, 11) is 0. The van der Waals surface area contributed by atoms with Gasteiger partial charge in [0.25, 0.3) is 6.43 Å². The second-order valence-corrected chi connectivity index (χ2v) is 3.51. The van der Waals surface area contributed by atoms with Crippen molar-refractivity contribution in [2.24, 2.45) is 0 Å². The number of aromatic nitrogens is 2. The number of aliphatic carboxylic acids is 1. The summed E-state index contributed by atoms with van der Waals surface area (Å²) < 4.78 is 25.1. The molecule has 15 heavy (non-hydrogen) atoms. The van der Waals surface area contributed by atoms with E-state index in [-0.39, 0.29) is 5.56 Å². The van der Waals surface area contributed by atoms with Gasteiger partial charge in [0.15, 0.2) is 0 Å². The SMILES string of the molecule is O=C(O)C1(c2cncnc2C(F)F)CC1. The van der Waals surface area contributed by atoms with Crippen molar-refractivity contribution in [2.45, 2.75) is 24.7 Å². The molecule has 0 bridgehead atoms. The van der Waals surface area contributed by atoms with Gasteiger partial charge in [-0.05, 0) is 12.8 Å². The maximum Gasteiger partial charge on any atom is 0.314 e. The third kappa shape index (κ3) is 1.45. The molecule has 1 saturated carbocycles. The Balaban J connectivity index is 2.49. The lowest BCUT2D eigenvalue weighted by Gasteiger charge is -2.12. The average Bonchev–Trinajstić information content (AvgIpc) is 2.98. The lowest BCUT2D eigenvalue weighted by Crippen LogP contribution is -2.22. The maximum atomic E-state index is 12.6. The Morgan fingerprint density at radius 3 is 2.67 bits per heavy atom. The van der Waals surface area contributed by atoms with Crippen molar-refractivity contribution < 1.29 is 18.7 Å². The molecule has 1 aliphatic carbocycles. The third-order valence-corrected chi connectivity index (χ3v) is 2.62. The van der Waals surface area contributed by atoms with Crippen LogP contribution >= 0.6 is 0 Å². The van der Waals surface area contributed by atoms with Crippen molar-refractivity contribution >= 4 is 5.97 Å². The smallest absolute Gasteiger partial charge is 0.314 e. The highest BCUT2D eigenvalue weighted by molar-refractivity contribution is 5.85. The fraction of sp³-hybridized carbons (Fsp3) is 0.444. The first-order valence-electron chi connectivity index (χ1n) is 4.40. The zero-order chi connectivity index (χ0) is 11.1. The van der Waals surface area contributed by atoms with Crippen LogP contribution in [0.4, 0.5) is 8.78 Å². The molecular formula is C9H8F2N2O2. The molecule has 1 aliphatic rings. The number of nitrogens with zero attached hydrogens (tertiary/aromatic N) is 2. The highest BCUT2D eigenvalue weighted by Crippen LogP contribution is 2.50. The molecule has 1 aromatic rings. The number of rotatable bonds is 3. The van der Waals surface area contributed by atoms with Crippen LogP contribution < -0.4 is 0 Å². The largest absolute Gasteiger partial charge is 0.481 e. The number of carbonyl (C=O) groups is 1. The van der Waals surface area contributed by atoms with Crippen molar-refractivity contribution in [2.75, 3.05) is 0 Å². The molecule has 6 heteroatoms. The van der Waals surface area contributed by atoms with Crippen molar-refractivity contribution in [1.82, 2.24) is 9.97 Å². The summed E-state index contributed by atoms with van der Waals surface area (Å²) in [5.41, 5.74) is -1.59. The van der Waals surface area contributed by atoms with Gasteiger partial charge < -0.3 is 5.11 Å². The van der Waals surface area contributed by atoms with Crippen molar-refractivity contribution in [3.63, 3.8) is 0 Å². The second-order valence-electron chi connectivity index (χ2n) is 3.51. The van der Waals surface area contributed by atoms with E-state index >= 15 is 0 Å². The van der Waals surface area contributed by atoms with Crippen LogP contribution in [0.25, 0.3) is 0 Å². The van der Waals surface area contributed by atoms with Gasteiger partial charge >= 0.3 is 5.97 Å². The molecule has 1 N–H and O–H groups in total. The summed E-state index contributed by atoms with van der Waals surface area (Å²) in [5, 5.41) is 8.96. The topological polar surface area (TPSA) is 63.1 Å². The Morgan fingerprint density at radius 1 is 1.53 bits per heavy atom. The number of hydrogen-bond acceptors (Lipinski definition) is 3. The van der Waals surface area contributed by atoms with Gasteiger partial charge in [-0.3, -0.25) is 4.79 Å². The van der Waals surface area contributed by atoms with Gasteiger partial charge in [-0.15, -0.1) is 0 Å². The van der Waals surface area contributed by atoms with Gasteiger partial charge in [0.2, 0.25) is 0 Å². The Hall–Kier alpha value is -1.59. The number of hydrogen-bond donors (Lipinski definition) is 1. The fourth-order valence-corrected chi connectivity index (χ4v) is 1.61. The van der Waals surface area contributed by atoms with Crippen molar-refractivity contribution in [3.05, 3.63) is 23.8 Å². The van der Waals surface area contributed by atoms with Gasteiger partial charge in [-0.2, -0.15) is 0 Å². The summed E-state index contributed by atoms with van der Waals surface area (Å²) >= 11 is 0. The molecule has 0 amide bonds. The van der Waals surface area contributed by atoms with Crippen LogP contribution in [-0.2, 0) is 10.2 Å². The Bertz CT molecular complexity index is 405. The molecule has 0 aromatic carbocycles. The molecule has 1 aromatic heterocycles. The fourth-order valence-electron chi connectivity index (χ4n) is 1.61. The molecule has 0 spiro atoms. The molecule has 0 aliphatic heterocycles. The molecule has 0 saturated heterocycles. The van der Waals surface area contributed by atoms with E-state index in [2.05, 4.69) is 9.97 Å². The normalized spacial score (nSPS) is 17.8. The molecule has 1 fully saturated rings. The van der Waals surface area contributed by atoms with E-state index in [1.807, 2.05) is 0 Å². The Morgan fingerprint density at radius 2 is 2.20 bits per heavy atom. The van der Waals surface area contributed by atoms with E-state index in [1.165, 1.54) is 6.20 Å². The van der Waals surface area contributed by atoms with E-state index in [0.29, 0.717) is 12.8 Å². The number of carboxylic acid groups (broad SMARTS) is 1. The summed E-state index contributed by atoms with van der Waals surface area (Å²) in [5.74, 6) is -1.08. The Labute approximate surface area is 84.0 Å². The molecule has 4 nitrogen and oxygen atoms in total. The molecule has 0 atom stereocenters. The number of alkyl halides is 2. The zero-order valence-corrected chi connectivity index (χ0v) is 7.65. The van der Waals surface area contributed by atoms with Crippen molar-refractivity contribution in [3.8, 4) is 0 Å². The minimum atomic E-state index is -2.76. The standard InChI is InChI=1S/C9H8F2N2O2/c10-7(11)6-5(3-12-4-13-6)9(1-2-9)8(14)15/h3-4,7H,1-2H2,(H,14,15). The van der Waals surface area contributed by atoms with Crippen LogP contribution in [0, 0.1) is 0 Å². The van der Waals surface area contributed by atoms with E-state index in [4.69, 9.17) is 5.11 Å². The second kappa shape index (κ2) is 3.22. The number of halogens is 2. The maximum absolute atomic E-state index is 12.6. The first-order valence-corrected chi connectivity index (χ1v) is 4.40. The first-order chi connectivity index (χ1) is 7.08. The number of carboxylic acids is 1. The summed E-state index contributed by atoms with van der Waals surface area (Å²) in [6.45, 7) is 0. The highest BCUT2D eigenvalue weighted by atomic mass is 19.3. The van der Waals surface area contributed by atoms with Crippen molar-refractivity contribution in [1.29, 1.82) is 0 Å².